The molecule has 0 bridgehead atoms. The quantitative estimate of drug-likeness (QED) is 0.559. The van der Waals surface area contributed by atoms with Crippen molar-refractivity contribution in [2.75, 3.05) is 0 Å². The van der Waals surface area contributed by atoms with Crippen LogP contribution in [0.15, 0.2) is 64.2 Å². The van der Waals surface area contributed by atoms with E-state index in [4.69, 9.17) is 0 Å². The molecule has 0 aromatic heterocycles. The number of hydrogen-bond acceptors (Lipinski definition) is 4. The Morgan fingerprint density at radius 3 is 1.97 bits per heavy atom. The van der Waals surface area contributed by atoms with E-state index in [0.717, 1.165) is 36.4 Å². The maximum Gasteiger partial charge on any atom is 0.498 e. The number of halogens is 7. The molecule has 0 fully saturated rings. The molecule has 156 valence electrons. The fourth-order valence-electron chi connectivity index (χ4n) is 2.99. The van der Waals surface area contributed by atoms with Crippen LogP contribution in [0.25, 0.3) is 0 Å². The van der Waals surface area contributed by atoms with Gasteiger partial charge >= 0.3 is 11.7 Å². The minimum Gasteiger partial charge on any atom is -0.372 e. The fraction of sp³-hybridized carbons (Fsp3) is 0.235. The van der Waals surface area contributed by atoms with E-state index in [1.54, 1.807) is 0 Å². The molecule has 0 unspecified atom stereocenters. The number of oxime groups is 1. The zero-order chi connectivity index (χ0) is 21.7. The summed E-state index contributed by atoms with van der Waals surface area (Å²) in [6, 6.07) is 10.3. The predicted octanol–water partition coefficient (Wildman–Crippen LogP) is 4.94. The first-order valence-corrected chi connectivity index (χ1v) is 10.1. The number of rotatable bonds is 3. The van der Waals surface area contributed by atoms with Crippen molar-refractivity contribution in [1.29, 1.82) is 0 Å². The fourth-order valence-corrected chi connectivity index (χ4v) is 4.74. The third kappa shape index (κ3) is 3.41. The predicted molar refractivity (Wildman–Crippen MR) is 94.7 cm³/mol. The highest BCUT2D eigenvalue weighted by atomic mass is 79.9. The van der Waals surface area contributed by atoms with Crippen molar-refractivity contribution in [2.24, 2.45) is 5.16 Å². The zero-order valence-corrected chi connectivity index (χ0v) is 16.4. The number of nitrogens with zero attached hydrogens (tertiary/aromatic N) is 1. The standard InChI is InChI=1S/C17H10BrF6NO3S/c18-12-8-6-11(7-9-12)15(16(19,20)21)14(29(26,27)17(22,23)24)13(25-28-15)10-4-2-1-3-5-10/h1-9,14H/t14-,15-/m0/s1. The molecule has 4 nitrogen and oxygen atoms in total. The summed E-state index contributed by atoms with van der Waals surface area (Å²) in [4.78, 5) is 4.56. The van der Waals surface area contributed by atoms with Crippen LogP contribution in [-0.4, -0.2) is 31.1 Å². The molecule has 0 aliphatic carbocycles. The van der Waals surface area contributed by atoms with Gasteiger partial charge < -0.3 is 4.84 Å². The molecule has 0 amide bonds. The van der Waals surface area contributed by atoms with Crippen molar-refractivity contribution in [3.8, 4) is 0 Å². The lowest BCUT2D eigenvalue weighted by molar-refractivity contribution is -0.274. The van der Waals surface area contributed by atoms with Crippen molar-refractivity contribution >= 4 is 31.5 Å². The number of benzene rings is 2. The van der Waals surface area contributed by atoms with Crippen molar-refractivity contribution in [1.82, 2.24) is 0 Å². The van der Waals surface area contributed by atoms with Crippen LogP contribution in [0.4, 0.5) is 26.3 Å². The number of alkyl halides is 6. The minimum atomic E-state index is -6.41. The Labute approximate surface area is 169 Å². The molecule has 1 heterocycles. The molecule has 0 saturated carbocycles. The van der Waals surface area contributed by atoms with E-state index in [1.807, 2.05) is 0 Å². The van der Waals surface area contributed by atoms with E-state index >= 15 is 0 Å². The minimum absolute atomic E-state index is 0.242. The first kappa shape index (κ1) is 21.6. The molecular weight excluding hydrogens is 492 g/mol. The Morgan fingerprint density at radius 2 is 1.48 bits per heavy atom. The summed E-state index contributed by atoms with van der Waals surface area (Å²) in [5, 5.41) is -0.00395. The van der Waals surface area contributed by atoms with Gasteiger partial charge in [-0.15, -0.1) is 0 Å². The lowest BCUT2D eigenvalue weighted by Crippen LogP contribution is -2.58. The van der Waals surface area contributed by atoms with Crippen LogP contribution in [0.1, 0.15) is 11.1 Å². The molecule has 0 spiro atoms. The van der Waals surface area contributed by atoms with Crippen molar-refractivity contribution in [3.63, 3.8) is 0 Å². The van der Waals surface area contributed by atoms with Gasteiger partial charge in [-0.05, 0) is 12.1 Å². The lowest BCUT2D eigenvalue weighted by Gasteiger charge is -2.35. The Balaban J connectivity index is 2.35. The molecule has 2 atom stereocenters. The van der Waals surface area contributed by atoms with Gasteiger partial charge in [0.2, 0.25) is 0 Å². The molecule has 29 heavy (non-hydrogen) atoms. The van der Waals surface area contributed by atoms with Crippen LogP contribution < -0.4 is 0 Å². The Hall–Kier alpha value is -2.08. The molecule has 1 aliphatic heterocycles. The van der Waals surface area contributed by atoms with E-state index in [9.17, 15) is 34.8 Å². The van der Waals surface area contributed by atoms with Crippen LogP contribution in [0.3, 0.4) is 0 Å². The van der Waals surface area contributed by atoms with Crippen molar-refractivity contribution in [2.45, 2.75) is 22.5 Å². The Morgan fingerprint density at radius 1 is 0.931 bits per heavy atom. The maximum absolute atomic E-state index is 14.2. The largest absolute Gasteiger partial charge is 0.498 e. The Kier molecular flexibility index (Phi) is 5.23. The normalized spacial score (nSPS) is 22.9. The SMILES string of the molecule is O=S(=O)([C@H]1C(c2ccccc2)=NO[C@]1(c1ccc(Br)cc1)C(F)(F)F)C(F)(F)F. The Bertz CT molecular complexity index is 1040. The van der Waals surface area contributed by atoms with Gasteiger partial charge in [-0.1, -0.05) is 63.6 Å². The smallest absolute Gasteiger partial charge is 0.372 e. The van der Waals surface area contributed by atoms with Crippen LogP contribution in [0.5, 0.6) is 0 Å². The van der Waals surface area contributed by atoms with E-state index < -0.39 is 43.6 Å². The summed E-state index contributed by atoms with van der Waals surface area (Å²) in [5.41, 5.74) is -11.9. The summed E-state index contributed by atoms with van der Waals surface area (Å²) in [7, 11) is -6.41. The zero-order valence-electron chi connectivity index (χ0n) is 14.0. The van der Waals surface area contributed by atoms with Crippen molar-refractivity contribution < 1.29 is 39.6 Å². The van der Waals surface area contributed by atoms with Gasteiger partial charge in [0.1, 0.15) is 5.71 Å². The van der Waals surface area contributed by atoms with Gasteiger partial charge in [-0.2, -0.15) is 26.3 Å². The van der Waals surface area contributed by atoms with Crippen LogP contribution in [-0.2, 0) is 20.3 Å². The monoisotopic (exact) mass is 501 g/mol. The van der Waals surface area contributed by atoms with Crippen molar-refractivity contribution in [3.05, 3.63) is 70.2 Å². The van der Waals surface area contributed by atoms with Crippen LogP contribution in [0.2, 0.25) is 0 Å². The molecular formula is C17H10BrF6NO3S. The second-order valence-corrected chi connectivity index (χ2v) is 8.98. The summed E-state index contributed by atoms with van der Waals surface area (Å²) in [6.45, 7) is 0. The maximum atomic E-state index is 14.2. The third-order valence-corrected chi connectivity index (χ3v) is 6.65. The van der Waals surface area contributed by atoms with Gasteiger partial charge in [0.25, 0.3) is 15.4 Å². The van der Waals surface area contributed by atoms with Gasteiger partial charge in [-0.3, -0.25) is 0 Å². The van der Waals surface area contributed by atoms with E-state index in [2.05, 4.69) is 25.9 Å². The van der Waals surface area contributed by atoms with E-state index in [0.29, 0.717) is 4.47 Å². The highest BCUT2D eigenvalue weighted by Gasteiger charge is 2.75. The second kappa shape index (κ2) is 7.01. The third-order valence-electron chi connectivity index (χ3n) is 4.30. The van der Waals surface area contributed by atoms with Gasteiger partial charge in [-0.25, -0.2) is 8.42 Å². The summed E-state index contributed by atoms with van der Waals surface area (Å²) >= 11 is 3.01. The molecule has 0 N–H and O–H groups in total. The first-order valence-electron chi connectivity index (χ1n) is 7.77. The van der Waals surface area contributed by atoms with Gasteiger partial charge in [0.15, 0.2) is 5.25 Å². The summed E-state index contributed by atoms with van der Waals surface area (Å²) < 4.78 is 108. The van der Waals surface area contributed by atoms with E-state index in [-0.39, 0.29) is 5.56 Å². The average Bonchev–Trinajstić information content (AvgIpc) is 3.04. The van der Waals surface area contributed by atoms with Crippen LogP contribution >= 0.6 is 15.9 Å². The number of sulfone groups is 1. The highest BCUT2D eigenvalue weighted by molar-refractivity contribution is 9.10. The molecule has 2 aromatic carbocycles. The molecule has 1 aliphatic rings. The average molecular weight is 502 g/mol. The first-order chi connectivity index (χ1) is 13.3. The molecule has 0 saturated heterocycles. The molecule has 0 radical (unpaired) electrons. The summed E-state index contributed by atoms with van der Waals surface area (Å²) in [5.74, 6) is 0. The molecule has 2 aromatic rings. The van der Waals surface area contributed by atoms with Gasteiger partial charge in [0, 0.05) is 15.6 Å². The number of hydrogen-bond donors (Lipinski definition) is 0. The van der Waals surface area contributed by atoms with Crippen LogP contribution in [0, 0.1) is 0 Å². The molecule has 12 heteroatoms. The lowest BCUT2D eigenvalue weighted by atomic mass is 9.86. The van der Waals surface area contributed by atoms with Gasteiger partial charge in [0.05, 0.1) is 0 Å². The summed E-state index contributed by atoms with van der Waals surface area (Å²) in [6.07, 6.45) is -5.55. The second-order valence-electron chi connectivity index (χ2n) is 6.04. The topological polar surface area (TPSA) is 55.7 Å². The highest BCUT2D eigenvalue weighted by Crippen LogP contribution is 2.53. The van der Waals surface area contributed by atoms with E-state index in [1.165, 1.54) is 18.2 Å². The molecule has 3 rings (SSSR count).